The maximum absolute atomic E-state index is 15.8. The third kappa shape index (κ3) is 5.43. The van der Waals surface area contributed by atoms with Crippen LogP contribution in [-0.2, 0) is 25.4 Å². The molecule has 2 aromatic heterocycles. The Bertz CT molecular complexity index is 1840. The summed E-state index contributed by atoms with van der Waals surface area (Å²) in [6.07, 6.45) is -6.52. The molecule has 1 fully saturated rings. The zero-order chi connectivity index (χ0) is 32.9. The molecule has 5 rings (SSSR count). The number of nitriles is 1. The number of azide groups is 1. The summed E-state index contributed by atoms with van der Waals surface area (Å²) in [6.45, 7) is 4.86. The number of carbonyl (C=O) groups excluding carboxylic acids is 1. The van der Waals surface area contributed by atoms with Crippen LogP contribution >= 0.6 is 0 Å². The second-order valence-corrected chi connectivity index (χ2v) is 11.1. The number of ether oxygens (including phenoxy) is 3. The van der Waals surface area contributed by atoms with E-state index in [9.17, 15) is 30.0 Å². The highest BCUT2D eigenvalue weighted by molar-refractivity contribution is 5.95. The van der Waals surface area contributed by atoms with Crippen molar-refractivity contribution in [3.05, 3.63) is 58.0 Å². The van der Waals surface area contributed by atoms with Crippen LogP contribution in [0, 0.1) is 11.3 Å². The lowest BCUT2D eigenvalue weighted by atomic mass is 9.92. The average molecular weight is 626 g/mol. The molecule has 1 amide bonds. The normalized spacial score (nSPS) is 21.8. The quantitative estimate of drug-likeness (QED) is 0.0986. The Balaban J connectivity index is 1.48. The molecule has 1 aliphatic heterocycles. The van der Waals surface area contributed by atoms with Gasteiger partial charge in [-0.05, 0) is 49.1 Å². The summed E-state index contributed by atoms with van der Waals surface area (Å²) in [5, 5.41) is 56.2. The van der Waals surface area contributed by atoms with Crippen LogP contribution in [0.1, 0.15) is 31.9 Å². The molecule has 45 heavy (non-hydrogen) atoms. The van der Waals surface area contributed by atoms with E-state index in [2.05, 4.69) is 30.3 Å². The van der Waals surface area contributed by atoms with Gasteiger partial charge in [0.15, 0.2) is 40.8 Å². The number of hydrogen-bond acceptors (Lipinski definition) is 13. The molecule has 5 N–H and O–H groups in total. The van der Waals surface area contributed by atoms with Crippen molar-refractivity contribution in [3.63, 3.8) is 0 Å². The highest BCUT2D eigenvalue weighted by atomic mass is 19.1. The monoisotopic (exact) mass is 625 g/mol. The standard InChI is InChI=1S/C26H24FN9O9/c1-24(2,3)45-23(41)32-17-13-18(33-22(31-17)34-35-29)36(10-30-13)19-14(27)26(42)15(43-19)16(26)44-25(20(37)38,21(39)40)8-11-5-4-6-12(7-11)9-28/h4-7,10,15-16,20,37-38,42H,8H2,1-3H3,(H,39,40)(H,31,32,33,41)/t15-,16+,25?,26+/m1/s1. The van der Waals surface area contributed by atoms with E-state index in [4.69, 9.17) is 25.0 Å². The third-order valence-corrected chi connectivity index (χ3v) is 6.81. The number of carboxylic acid groups (broad SMARTS) is 1. The Hall–Kier alpha value is -5.38. The lowest BCUT2D eigenvalue weighted by molar-refractivity contribution is -0.231. The van der Waals surface area contributed by atoms with Gasteiger partial charge in [-0.25, -0.2) is 28.9 Å². The summed E-state index contributed by atoms with van der Waals surface area (Å²) < 4.78 is 33.0. The van der Waals surface area contributed by atoms with Crippen molar-refractivity contribution >= 4 is 40.9 Å². The van der Waals surface area contributed by atoms with Crippen LogP contribution in [0.2, 0.25) is 0 Å². The zero-order valence-electron chi connectivity index (χ0n) is 23.6. The zero-order valence-corrected chi connectivity index (χ0v) is 23.6. The second-order valence-electron chi connectivity index (χ2n) is 11.1. The minimum atomic E-state index is -2.80. The number of carbonyl (C=O) groups is 2. The van der Waals surface area contributed by atoms with Gasteiger partial charge in [0, 0.05) is 11.3 Å². The predicted molar refractivity (Wildman–Crippen MR) is 146 cm³/mol. The number of nitrogens with zero attached hydrogens (tertiary/aromatic N) is 8. The number of aromatic nitrogens is 4. The first-order valence-corrected chi connectivity index (χ1v) is 13.0. The molecule has 18 nitrogen and oxygen atoms in total. The average Bonchev–Trinajstić information content (AvgIpc) is 3.18. The van der Waals surface area contributed by atoms with E-state index < -0.39 is 71.4 Å². The van der Waals surface area contributed by atoms with Crippen molar-refractivity contribution in [3.8, 4) is 6.07 Å². The van der Waals surface area contributed by atoms with Crippen LogP contribution in [0.4, 0.5) is 21.0 Å². The van der Waals surface area contributed by atoms with Crippen LogP contribution in [-0.4, -0.2) is 87.3 Å². The van der Waals surface area contributed by atoms with Crippen molar-refractivity contribution in [2.45, 2.75) is 62.5 Å². The fraction of sp³-hybridized carbons (Fsp3) is 0.385. The van der Waals surface area contributed by atoms with Gasteiger partial charge in [0.25, 0.3) is 0 Å². The van der Waals surface area contributed by atoms with Crippen LogP contribution in [0.25, 0.3) is 27.5 Å². The van der Waals surface area contributed by atoms with E-state index in [0.29, 0.717) is 0 Å². The first-order chi connectivity index (χ1) is 21.1. The Morgan fingerprint density at radius 3 is 2.67 bits per heavy atom. The molecule has 1 aliphatic carbocycles. The number of aliphatic hydroxyl groups excluding tert-OH is 1. The number of rotatable bonds is 9. The van der Waals surface area contributed by atoms with Crippen molar-refractivity contribution in [1.29, 1.82) is 5.26 Å². The van der Waals surface area contributed by atoms with E-state index in [-0.39, 0.29) is 28.1 Å². The highest BCUT2D eigenvalue weighted by Gasteiger charge is 2.78. The van der Waals surface area contributed by atoms with E-state index in [0.717, 1.165) is 10.9 Å². The van der Waals surface area contributed by atoms with Crippen molar-refractivity contribution in [2.75, 3.05) is 5.32 Å². The van der Waals surface area contributed by atoms with Crippen LogP contribution in [0.3, 0.4) is 0 Å². The molecule has 234 valence electrons. The number of halogens is 1. The first kappa shape index (κ1) is 31.1. The summed E-state index contributed by atoms with van der Waals surface area (Å²) in [5.74, 6) is -4.59. The number of benzene rings is 1. The Kier molecular flexibility index (Phi) is 7.56. The number of anilines is 1. The molecule has 3 heterocycles. The molecule has 0 radical (unpaired) electrons. The minimum absolute atomic E-state index is 0.116. The number of fused-ring (bicyclic) bond motifs is 2. The van der Waals surface area contributed by atoms with Gasteiger partial charge in [0.1, 0.15) is 18.0 Å². The van der Waals surface area contributed by atoms with Crippen molar-refractivity contribution in [1.82, 2.24) is 19.5 Å². The molecule has 1 unspecified atom stereocenters. The van der Waals surface area contributed by atoms with E-state index in [1.807, 2.05) is 6.07 Å². The summed E-state index contributed by atoms with van der Waals surface area (Å²) in [4.78, 5) is 39.3. The highest BCUT2D eigenvalue weighted by Crippen LogP contribution is 2.57. The molecule has 1 aromatic carbocycles. The van der Waals surface area contributed by atoms with Gasteiger partial charge in [0.05, 0.1) is 11.6 Å². The molecule has 1 saturated carbocycles. The molecule has 2 aliphatic rings. The van der Waals surface area contributed by atoms with Gasteiger partial charge in [-0.15, -0.1) is 0 Å². The third-order valence-electron chi connectivity index (χ3n) is 6.81. The number of aliphatic hydroxyl groups is 3. The first-order valence-electron chi connectivity index (χ1n) is 13.0. The molecule has 4 atom stereocenters. The summed E-state index contributed by atoms with van der Waals surface area (Å²) in [7, 11) is 0. The lowest BCUT2D eigenvalue weighted by Gasteiger charge is -2.32. The number of hydrogen-bond donors (Lipinski definition) is 5. The summed E-state index contributed by atoms with van der Waals surface area (Å²) >= 11 is 0. The smallest absolute Gasteiger partial charge is 0.413 e. The fourth-order valence-electron chi connectivity index (χ4n) is 4.69. The Morgan fingerprint density at radius 2 is 2.09 bits per heavy atom. The number of imidazole rings is 1. The predicted octanol–water partition coefficient (Wildman–Crippen LogP) is 1.99. The molecule has 3 aromatic rings. The molecule has 19 heteroatoms. The lowest BCUT2D eigenvalue weighted by Crippen LogP contribution is -2.55. The van der Waals surface area contributed by atoms with Crippen LogP contribution in [0.15, 0.2) is 41.5 Å². The van der Waals surface area contributed by atoms with Gasteiger partial charge < -0.3 is 34.6 Å². The van der Waals surface area contributed by atoms with E-state index in [1.54, 1.807) is 20.8 Å². The van der Waals surface area contributed by atoms with Crippen LogP contribution in [0.5, 0.6) is 0 Å². The van der Waals surface area contributed by atoms with Crippen molar-refractivity contribution < 1.29 is 48.6 Å². The van der Waals surface area contributed by atoms with Crippen molar-refractivity contribution in [2.24, 2.45) is 5.11 Å². The SMILES string of the molecule is CC(C)(C)OC(=O)Nc1nc(N=[N+]=[N-])nc2c1ncn2C1=C(F)[C@]2(O)[C@H](O1)[C@@H]2OC(Cc1cccc(C#N)c1)(C(=O)O)C(O)O. The van der Waals surface area contributed by atoms with Gasteiger partial charge in [-0.2, -0.15) is 5.26 Å². The minimum Gasteiger partial charge on any atom is -0.479 e. The maximum Gasteiger partial charge on any atom is 0.413 e. The second kappa shape index (κ2) is 11.0. The largest absolute Gasteiger partial charge is 0.479 e. The fourth-order valence-corrected chi connectivity index (χ4v) is 4.69. The Labute approximate surface area is 251 Å². The number of amides is 1. The number of aliphatic carboxylic acids is 1. The topological polar surface area (TPSA) is 271 Å². The van der Waals surface area contributed by atoms with Gasteiger partial charge in [0.2, 0.25) is 17.4 Å². The summed E-state index contributed by atoms with van der Waals surface area (Å²) in [6, 6.07) is 7.50. The molecule has 0 saturated heterocycles. The molecular formula is C26H24FN9O9. The van der Waals surface area contributed by atoms with Gasteiger partial charge in [-0.3, -0.25) is 9.88 Å². The van der Waals surface area contributed by atoms with E-state index >= 15 is 4.39 Å². The number of carboxylic acids is 1. The molecule has 0 spiro atoms. The molecule has 0 bridgehead atoms. The van der Waals surface area contributed by atoms with Gasteiger partial charge in [-0.1, -0.05) is 12.1 Å². The van der Waals surface area contributed by atoms with Gasteiger partial charge >= 0.3 is 12.1 Å². The molecular weight excluding hydrogens is 601 g/mol. The maximum atomic E-state index is 15.8. The van der Waals surface area contributed by atoms with E-state index in [1.165, 1.54) is 24.3 Å². The van der Waals surface area contributed by atoms with Crippen LogP contribution < -0.4 is 5.32 Å². The summed E-state index contributed by atoms with van der Waals surface area (Å²) in [5.41, 5.74) is 2.65. The number of nitrogens with one attached hydrogen (secondary N) is 1. The Morgan fingerprint density at radius 1 is 1.36 bits per heavy atom.